The first-order chi connectivity index (χ1) is 9.57. The predicted molar refractivity (Wildman–Crippen MR) is 76.5 cm³/mol. The Hall–Kier alpha value is -1.67. The number of rotatable bonds is 7. The lowest BCUT2D eigenvalue weighted by Crippen LogP contribution is -2.47. The third-order valence-electron chi connectivity index (χ3n) is 3.25. The molecule has 2 aromatic rings. The molecule has 1 unspecified atom stereocenters. The molecule has 0 aliphatic rings. The van der Waals surface area contributed by atoms with Gasteiger partial charge in [0.25, 0.3) is 0 Å². The maximum atomic E-state index is 11.1. The third kappa shape index (κ3) is 3.07. The number of hydrogen-bond acceptors (Lipinski definition) is 6. The molecule has 0 aliphatic carbocycles. The Morgan fingerprint density at radius 3 is 3.00 bits per heavy atom. The van der Waals surface area contributed by atoms with Crippen LogP contribution in [0.25, 0.3) is 11.2 Å². The number of carboxylic acids is 1. The lowest BCUT2D eigenvalue weighted by atomic mass is 9.92. The molecule has 7 nitrogen and oxygen atoms in total. The van der Waals surface area contributed by atoms with Crippen molar-refractivity contribution in [2.75, 3.05) is 5.75 Å². The number of carboxylic acid groups (broad SMARTS) is 1. The molecule has 4 N–H and O–H groups in total. The van der Waals surface area contributed by atoms with Crippen molar-refractivity contribution in [1.29, 1.82) is 0 Å². The van der Waals surface area contributed by atoms with Gasteiger partial charge in [0.05, 0.1) is 6.33 Å². The molecule has 2 rings (SSSR count). The van der Waals surface area contributed by atoms with Crippen molar-refractivity contribution in [3.05, 3.63) is 12.7 Å². The van der Waals surface area contributed by atoms with Gasteiger partial charge in [-0.2, -0.15) is 0 Å². The summed E-state index contributed by atoms with van der Waals surface area (Å²) >= 11 is 1.55. The van der Waals surface area contributed by atoms with Crippen molar-refractivity contribution >= 4 is 28.9 Å². The monoisotopic (exact) mass is 295 g/mol. The van der Waals surface area contributed by atoms with E-state index in [9.17, 15) is 4.79 Å². The van der Waals surface area contributed by atoms with E-state index in [1.54, 1.807) is 25.0 Å². The van der Waals surface area contributed by atoms with Crippen LogP contribution in [0.15, 0.2) is 17.7 Å². The van der Waals surface area contributed by atoms with Gasteiger partial charge in [0, 0.05) is 0 Å². The summed E-state index contributed by atoms with van der Waals surface area (Å²) in [5.74, 6) is -0.194. The van der Waals surface area contributed by atoms with Crippen LogP contribution in [0, 0.1) is 0 Å². The zero-order chi connectivity index (χ0) is 14.6. The van der Waals surface area contributed by atoms with E-state index >= 15 is 0 Å². The molecule has 0 saturated carbocycles. The number of aromatic nitrogens is 4. The van der Waals surface area contributed by atoms with Crippen LogP contribution in [0.3, 0.4) is 0 Å². The first-order valence-corrected chi connectivity index (χ1v) is 7.34. The molecule has 2 heterocycles. The van der Waals surface area contributed by atoms with Gasteiger partial charge in [-0.25, -0.2) is 15.0 Å². The Bertz CT molecular complexity index is 602. The van der Waals surface area contributed by atoms with E-state index in [0.717, 1.165) is 16.3 Å². The van der Waals surface area contributed by atoms with E-state index in [4.69, 9.17) is 10.8 Å². The Morgan fingerprint density at radius 1 is 1.50 bits per heavy atom. The lowest BCUT2D eigenvalue weighted by molar-refractivity contribution is -0.143. The van der Waals surface area contributed by atoms with Gasteiger partial charge in [0.15, 0.2) is 5.65 Å². The van der Waals surface area contributed by atoms with E-state index in [2.05, 4.69) is 19.9 Å². The van der Waals surface area contributed by atoms with Crippen LogP contribution < -0.4 is 5.73 Å². The van der Waals surface area contributed by atoms with Crippen LogP contribution in [0.5, 0.6) is 0 Å². The summed E-state index contributed by atoms with van der Waals surface area (Å²) in [6.07, 6.45) is 4.63. The molecule has 0 aliphatic heterocycles. The van der Waals surface area contributed by atoms with Crippen LogP contribution >= 0.6 is 11.8 Å². The summed E-state index contributed by atoms with van der Waals surface area (Å²) in [5.41, 5.74) is 6.16. The quantitative estimate of drug-likeness (QED) is 0.401. The van der Waals surface area contributed by atoms with Gasteiger partial charge in [-0.3, -0.25) is 4.79 Å². The third-order valence-corrected chi connectivity index (χ3v) is 4.33. The Morgan fingerprint density at radius 2 is 2.30 bits per heavy atom. The van der Waals surface area contributed by atoms with E-state index in [1.807, 2.05) is 0 Å². The van der Waals surface area contributed by atoms with Gasteiger partial charge in [-0.05, 0) is 25.0 Å². The Balaban J connectivity index is 1.90. The maximum Gasteiger partial charge on any atom is 0.323 e. The summed E-state index contributed by atoms with van der Waals surface area (Å²) in [7, 11) is 0. The number of nitrogens with one attached hydrogen (secondary N) is 1. The zero-order valence-corrected chi connectivity index (χ0v) is 12.0. The van der Waals surface area contributed by atoms with Crippen molar-refractivity contribution < 1.29 is 9.90 Å². The summed E-state index contributed by atoms with van der Waals surface area (Å²) in [6, 6.07) is 0. The minimum atomic E-state index is -1.13. The average Bonchev–Trinajstić information content (AvgIpc) is 2.92. The van der Waals surface area contributed by atoms with Gasteiger partial charge < -0.3 is 15.8 Å². The van der Waals surface area contributed by atoms with Gasteiger partial charge in [-0.15, -0.1) is 11.8 Å². The average molecular weight is 295 g/mol. The molecule has 0 bridgehead atoms. The van der Waals surface area contributed by atoms with Crippen LogP contribution in [0.1, 0.15) is 26.2 Å². The number of thioether (sulfide) groups is 1. The lowest BCUT2D eigenvalue weighted by Gasteiger charge is -2.22. The largest absolute Gasteiger partial charge is 0.480 e. The molecule has 0 amide bonds. The van der Waals surface area contributed by atoms with E-state index in [-0.39, 0.29) is 0 Å². The SMILES string of the molecule is CCC(N)(CCCSc1ncnc2nc[nH]c12)C(=O)O. The number of H-pyrrole nitrogens is 1. The molecule has 0 spiro atoms. The maximum absolute atomic E-state index is 11.1. The van der Waals surface area contributed by atoms with Gasteiger partial charge in [0.1, 0.15) is 22.4 Å². The molecule has 108 valence electrons. The zero-order valence-electron chi connectivity index (χ0n) is 11.2. The fraction of sp³-hybridized carbons (Fsp3) is 0.500. The smallest absolute Gasteiger partial charge is 0.323 e. The number of carbonyl (C=O) groups is 1. The van der Waals surface area contributed by atoms with Crippen LogP contribution in [-0.2, 0) is 4.79 Å². The highest BCUT2D eigenvalue weighted by atomic mass is 32.2. The molecule has 0 aromatic carbocycles. The first-order valence-electron chi connectivity index (χ1n) is 6.36. The number of imidazole rings is 1. The highest BCUT2D eigenvalue weighted by Crippen LogP contribution is 2.24. The van der Waals surface area contributed by atoms with E-state index in [1.165, 1.54) is 6.33 Å². The summed E-state index contributed by atoms with van der Waals surface area (Å²) in [5, 5.41) is 9.92. The van der Waals surface area contributed by atoms with Crippen molar-refractivity contribution in [2.24, 2.45) is 5.73 Å². The number of aromatic amines is 1. The minimum absolute atomic E-state index is 0.422. The molecule has 20 heavy (non-hydrogen) atoms. The highest BCUT2D eigenvalue weighted by Gasteiger charge is 2.30. The van der Waals surface area contributed by atoms with Crippen molar-refractivity contribution in [2.45, 2.75) is 36.8 Å². The Kier molecular flexibility index (Phi) is 4.56. The molecule has 0 radical (unpaired) electrons. The van der Waals surface area contributed by atoms with E-state index in [0.29, 0.717) is 24.9 Å². The van der Waals surface area contributed by atoms with Crippen LogP contribution in [0.2, 0.25) is 0 Å². The standard InChI is InChI=1S/C12H17N5O2S/c1-2-12(13,11(18)19)4-3-5-20-10-8-9(15-6-14-8)16-7-17-10/h6-7H,2-5,13H2,1H3,(H,18,19)(H,14,15,16,17). The van der Waals surface area contributed by atoms with Crippen LogP contribution in [-0.4, -0.2) is 42.3 Å². The van der Waals surface area contributed by atoms with Crippen molar-refractivity contribution in [1.82, 2.24) is 19.9 Å². The summed E-state index contributed by atoms with van der Waals surface area (Å²) in [6.45, 7) is 1.79. The molecule has 2 aromatic heterocycles. The molecule has 0 saturated heterocycles. The molecule has 8 heteroatoms. The molecule has 1 atom stereocenters. The second-order valence-corrected chi connectivity index (χ2v) is 5.63. The van der Waals surface area contributed by atoms with Crippen molar-refractivity contribution in [3.63, 3.8) is 0 Å². The summed E-state index contributed by atoms with van der Waals surface area (Å²) < 4.78 is 0. The van der Waals surface area contributed by atoms with Gasteiger partial charge >= 0.3 is 5.97 Å². The number of hydrogen-bond donors (Lipinski definition) is 3. The minimum Gasteiger partial charge on any atom is -0.480 e. The Labute approximate surface area is 120 Å². The molecular formula is C12H17N5O2S. The first kappa shape index (κ1) is 14.7. The van der Waals surface area contributed by atoms with Crippen LogP contribution in [0.4, 0.5) is 0 Å². The molecular weight excluding hydrogens is 278 g/mol. The fourth-order valence-electron chi connectivity index (χ4n) is 1.84. The fourth-order valence-corrected chi connectivity index (χ4v) is 2.74. The van der Waals surface area contributed by atoms with Crippen molar-refractivity contribution in [3.8, 4) is 0 Å². The second kappa shape index (κ2) is 6.19. The highest BCUT2D eigenvalue weighted by molar-refractivity contribution is 7.99. The number of nitrogens with zero attached hydrogens (tertiary/aromatic N) is 3. The van der Waals surface area contributed by atoms with Gasteiger partial charge in [0.2, 0.25) is 0 Å². The second-order valence-electron chi connectivity index (χ2n) is 4.55. The number of fused-ring (bicyclic) bond motifs is 1. The molecule has 0 fully saturated rings. The van der Waals surface area contributed by atoms with E-state index < -0.39 is 11.5 Å². The topological polar surface area (TPSA) is 118 Å². The normalized spacial score (nSPS) is 14.3. The number of aliphatic carboxylic acids is 1. The van der Waals surface area contributed by atoms with Gasteiger partial charge in [-0.1, -0.05) is 6.92 Å². The predicted octanol–water partition coefficient (Wildman–Crippen LogP) is 1.42. The number of nitrogens with two attached hydrogens (primary N) is 1. The summed E-state index contributed by atoms with van der Waals surface area (Å²) in [4.78, 5) is 26.4.